The molecule has 2 N–H and O–H groups in total. The number of carboxylic acid groups (broad SMARTS) is 1. The molecule has 11 heteroatoms. The average molecular weight is 627 g/mol. The van der Waals surface area contributed by atoms with Gasteiger partial charge in [0.25, 0.3) is 0 Å². The van der Waals surface area contributed by atoms with Gasteiger partial charge < -0.3 is 24.2 Å². The second kappa shape index (κ2) is 10.6. The van der Waals surface area contributed by atoms with Crippen LogP contribution in [-0.4, -0.2) is 45.6 Å². The van der Waals surface area contributed by atoms with E-state index in [4.69, 9.17) is 25.6 Å². The Morgan fingerprint density at radius 3 is 2.60 bits per heavy atom. The van der Waals surface area contributed by atoms with Crippen molar-refractivity contribution in [3.8, 4) is 11.3 Å². The van der Waals surface area contributed by atoms with Crippen molar-refractivity contribution in [2.24, 2.45) is 11.8 Å². The molecule has 3 fully saturated rings. The monoisotopic (exact) mass is 626 g/mol. The second-order valence-corrected chi connectivity index (χ2v) is 13.8. The van der Waals surface area contributed by atoms with Crippen molar-refractivity contribution < 1.29 is 33.4 Å². The number of nitrogens with zero attached hydrogens (tertiary/aromatic N) is 2. The van der Waals surface area contributed by atoms with Crippen LogP contribution in [0.3, 0.4) is 0 Å². The molecule has 3 saturated carbocycles. The standard InChI is InChI=1S/C32H32ClFN2O6S/c1-16-4-3-5-22(33)25(16)26-21(28(42-36-26)17-6-7-17)14-41-31(15-40-2)12-19-8-9-20(13-31)32(19,39)30-35-27-23(34)10-18(29(37)38)11-24(27)43-30/h3-5,10-11,17,19-20,39H,6-9,12-15H2,1-2H3,(H,37,38)/t19-,20+,31?,32+. The molecule has 4 atom stereocenters. The van der Waals surface area contributed by atoms with Crippen molar-refractivity contribution in [1.29, 1.82) is 0 Å². The van der Waals surface area contributed by atoms with Crippen LogP contribution in [0.4, 0.5) is 4.39 Å². The number of aryl methyl sites for hydroxylation is 1. The molecule has 2 bridgehead atoms. The summed E-state index contributed by atoms with van der Waals surface area (Å²) in [7, 11) is 1.65. The van der Waals surface area contributed by atoms with Gasteiger partial charge in [-0.15, -0.1) is 11.3 Å². The van der Waals surface area contributed by atoms with E-state index in [2.05, 4.69) is 10.1 Å². The average Bonchev–Trinajstić information content (AvgIpc) is 3.53. The number of halogens is 2. The number of rotatable bonds is 9. The van der Waals surface area contributed by atoms with E-state index in [1.165, 1.54) is 17.4 Å². The van der Waals surface area contributed by atoms with E-state index in [0.717, 1.165) is 54.2 Å². The van der Waals surface area contributed by atoms with Crippen LogP contribution in [-0.2, 0) is 21.7 Å². The number of ether oxygens (including phenoxy) is 2. The molecule has 3 aliphatic rings. The van der Waals surface area contributed by atoms with Gasteiger partial charge in [-0.2, -0.15) is 0 Å². The predicted octanol–water partition coefficient (Wildman–Crippen LogP) is 7.24. The highest BCUT2D eigenvalue weighted by Crippen LogP contribution is 2.60. The van der Waals surface area contributed by atoms with Crippen LogP contribution < -0.4 is 0 Å². The molecule has 3 aliphatic carbocycles. The maximum absolute atomic E-state index is 14.8. The van der Waals surface area contributed by atoms with Gasteiger partial charge in [0, 0.05) is 24.2 Å². The molecule has 0 saturated heterocycles. The third kappa shape index (κ3) is 4.78. The van der Waals surface area contributed by atoms with Crippen LogP contribution in [0.2, 0.25) is 5.02 Å². The lowest BCUT2D eigenvalue weighted by molar-refractivity contribution is -0.183. The Hall–Kier alpha value is -2.89. The number of methoxy groups -OCH3 is 1. The molecule has 4 aromatic rings. The zero-order valence-electron chi connectivity index (χ0n) is 23.9. The molecule has 0 radical (unpaired) electrons. The number of thiazole rings is 1. The molecule has 0 spiro atoms. The van der Waals surface area contributed by atoms with Gasteiger partial charge >= 0.3 is 5.97 Å². The number of carbonyl (C=O) groups is 1. The maximum Gasteiger partial charge on any atom is 0.335 e. The number of aromatic nitrogens is 2. The molecule has 0 amide bonds. The smallest absolute Gasteiger partial charge is 0.335 e. The lowest BCUT2D eigenvalue weighted by Gasteiger charge is -2.47. The zero-order valence-corrected chi connectivity index (χ0v) is 25.4. The third-order valence-electron chi connectivity index (χ3n) is 9.54. The molecule has 226 valence electrons. The van der Waals surface area contributed by atoms with E-state index in [0.29, 0.717) is 45.8 Å². The first kappa shape index (κ1) is 28.9. The Bertz CT molecular complexity index is 1700. The first-order chi connectivity index (χ1) is 20.6. The van der Waals surface area contributed by atoms with Crippen LogP contribution in [0, 0.1) is 24.6 Å². The van der Waals surface area contributed by atoms with Gasteiger partial charge in [0.1, 0.15) is 27.6 Å². The predicted molar refractivity (Wildman–Crippen MR) is 159 cm³/mol. The fourth-order valence-corrected chi connectivity index (χ4v) is 8.91. The van der Waals surface area contributed by atoms with Crippen molar-refractivity contribution in [2.45, 2.75) is 69.2 Å². The second-order valence-electron chi connectivity index (χ2n) is 12.3. The number of benzene rings is 2. The molecular formula is C32H32ClFN2O6S. The van der Waals surface area contributed by atoms with E-state index < -0.39 is 23.0 Å². The normalized spacial score (nSPS) is 26.8. The Morgan fingerprint density at radius 1 is 1.21 bits per heavy atom. The largest absolute Gasteiger partial charge is 0.478 e. The Labute approximate surface area is 256 Å². The molecule has 7 rings (SSSR count). The van der Waals surface area contributed by atoms with Crippen molar-refractivity contribution in [2.75, 3.05) is 13.7 Å². The number of aliphatic hydroxyl groups is 1. The lowest BCUT2D eigenvalue weighted by atomic mass is 9.68. The number of hydrogen-bond acceptors (Lipinski definition) is 8. The van der Waals surface area contributed by atoms with Crippen molar-refractivity contribution in [3.05, 3.63) is 68.6 Å². The molecule has 1 unspecified atom stereocenters. The van der Waals surface area contributed by atoms with Gasteiger partial charge in [-0.1, -0.05) is 28.9 Å². The van der Waals surface area contributed by atoms with Crippen LogP contribution >= 0.6 is 22.9 Å². The zero-order chi connectivity index (χ0) is 30.1. The van der Waals surface area contributed by atoms with Crippen LogP contribution in [0.1, 0.15) is 76.7 Å². The summed E-state index contributed by atoms with van der Waals surface area (Å²) in [6, 6.07) is 8.16. The van der Waals surface area contributed by atoms with Gasteiger partial charge in [-0.25, -0.2) is 14.2 Å². The summed E-state index contributed by atoms with van der Waals surface area (Å²) in [5.41, 5.74) is 1.45. The summed E-state index contributed by atoms with van der Waals surface area (Å²) in [6.45, 7) is 2.61. The quantitative estimate of drug-likeness (QED) is 0.200. The van der Waals surface area contributed by atoms with E-state index >= 15 is 0 Å². The fourth-order valence-electron chi connectivity index (χ4n) is 7.33. The molecule has 2 aromatic heterocycles. The van der Waals surface area contributed by atoms with Gasteiger partial charge in [0.05, 0.1) is 34.1 Å². The van der Waals surface area contributed by atoms with Crippen LogP contribution in [0.15, 0.2) is 34.9 Å². The lowest BCUT2D eigenvalue weighted by Crippen LogP contribution is -2.52. The minimum atomic E-state index is -1.27. The first-order valence-electron chi connectivity index (χ1n) is 14.6. The van der Waals surface area contributed by atoms with Crippen LogP contribution in [0.5, 0.6) is 0 Å². The molecule has 2 heterocycles. The van der Waals surface area contributed by atoms with Crippen molar-refractivity contribution in [3.63, 3.8) is 0 Å². The highest BCUT2D eigenvalue weighted by atomic mass is 35.5. The van der Waals surface area contributed by atoms with Gasteiger partial charge in [-0.3, -0.25) is 0 Å². The topological polar surface area (TPSA) is 115 Å². The summed E-state index contributed by atoms with van der Waals surface area (Å²) in [5, 5.41) is 27.1. The summed E-state index contributed by atoms with van der Waals surface area (Å²) in [6.07, 6.45) is 4.66. The number of aromatic carboxylic acids is 1. The third-order valence-corrected chi connectivity index (χ3v) is 11.0. The highest BCUT2D eigenvalue weighted by Gasteiger charge is 2.60. The minimum absolute atomic E-state index is 0.0882. The molecule has 8 nitrogen and oxygen atoms in total. The Morgan fingerprint density at radius 2 is 1.95 bits per heavy atom. The minimum Gasteiger partial charge on any atom is -0.478 e. The summed E-state index contributed by atoms with van der Waals surface area (Å²) >= 11 is 7.80. The molecular weight excluding hydrogens is 595 g/mol. The van der Waals surface area contributed by atoms with E-state index in [1.54, 1.807) is 7.11 Å². The molecule has 2 aromatic carbocycles. The first-order valence-corrected chi connectivity index (χ1v) is 15.8. The number of hydrogen-bond donors (Lipinski definition) is 2. The molecule has 0 aliphatic heterocycles. The molecule has 43 heavy (non-hydrogen) atoms. The maximum atomic E-state index is 14.8. The summed E-state index contributed by atoms with van der Waals surface area (Å²) in [4.78, 5) is 16.0. The van der Waals surface area contributed by atoms with E-state index in [9.17, 15) is 19.4 Å². The summed E-state index contributed by atoms with van der Waals surface area (Å²) in [5.74, 6) is -1.14. The van der Waals surface area contributed by atoms with Crippen LogP contribution in [0.25, 0.3) is 21.5 Å². The van der Waals surface area contributed by atoms with Crippen molar-refractivity contribution in [1.82, 2.24) is 10.1 Å². The fraction of sp³-hybridized carbons (Fsp3) is 0.469. The number of carboxylic acids is 1. The van der Waals surface area contributed by atoms with E-state index in [-0.39, 0.29) is 29.5 Å². The van der Waals surface area contributed by atoms with Crippen molar-refractivity contribution >= 4 is 39.1 Å². The number of fused-ring (bicyclic) bond motifs is 3. The van der Waals surface area contributed by atoms with Gasteiger partial charge in [0.2, 0.25) is 0 Å². The summed E-state index contributed by atoms with van der Waals surface area (Å²) < 4.78 is 33.7. The Balaban J connectivity index is 1.20. The van der Waals surface area contributed by atoms with Gasteiger partial charge in [0.15, 0.2) is 5.82 Å². The SMILES string of the molecule is COCC1(OCc2c(-c3c(C)cccc3Cl)noc2C2CC2)C[C@H]2CC[C@@H](C1)[C@]2(O)c1nc2c(F)cc(C(=O)O)cc2s1. The van der Waals surface area contributed by atoms with Gasteiger partial charge in [-0.05, 0) is 81.0 Å². The highest BCUT2D eigenvalue weighted by molar-refractivity contribution is 7.18. The van der Waals surface area contributed by atoms with E-state index in [1.807, 2.05) is 25.1 Å². The Kier molecular flexibility index (Phi) is 7.13.